The summed E-state index contributed by atoms with van der Waals surface area (Å²) in [6.07, 6.45) is 1.76. The van der Waals surface area contributed by atoms with Crippen molar-refractivity contribution >= 4 is 11.6 Å². The first-order valence-electron chi connectivity index (χ1n) is 9.83. The van der Waals surface area contributed by atoms with Crippen LogP contribution in [0.2, 0.25) is 0 Å². The quantitative estimate of drug-likeness (QED) is 0.454. The number of para-hydroxylation sites is 2. The van der Waals surface area contributed by atoms with Gasteiger partial charge in [-0.2, -0.15) is 5.10 Å². The minimum absolute atomic E-state index is 0.173. The molecule has 4 rings (SSSR count). The Hall–Kier alpha value is -4.06. The largest absolute Gasteiger partial charge is 0.497 e. The van der Waals surface area contributed by atoms with E-state index in [9.17, 15) is 4.79 Å². The van der Waals surface area contributed by atoms with Gasteiger partial charge < -0.3 is 14.4 Å². The molecule has 0 radical (unpaired) electrons. The van der Waals surface area contributed by atoms with Gasteiger partial charge in [-0.25, -0.2) is 4.68 Å². The Labute approximate surface area is 181 Å². The maximum Gasteiger partial charge on any atom is 0.261 e. The van der Waals surface area contributed by atoms with Gasteiger partial charge in [-0.05, 0) is 42.5 Å². The number of benzene rings is 3. The number of aromatic nitrogens is 2. The van der Waals surface area contributed by atoms with Crippen LogP contribution in [0, 0.1) is 0 Å². The summed E-state index contributed by atoms with van der Waals surface area (Å²) < 4.78 is 12.7. The summed E-state index contributed by atoms with van der Waals surface area (Å²) in [4.78, 5) is 15.2. The highest BCUT2D eigenvalue weighted by molar-refractivity contribution is 6.09. The van der Waals surface area contributed by atoms with E-state index in [2.05, 4.69) is 0 Å². The van der Waals surface area contributed by atoms with Crippen LogP contribution in [0.15, 0.2) is 85.1 Å². The lowest BCUT2D eigenvalue weighted by atomic mass is 10.1. The number of amides is 1. The van der Waals surface area contributed by atoms with Gasteiger partial charge in [-0.3, -0.25) is 4.79 Å². The average molecular weight is 413 g/mol. The predicted octanol–water partition coefficient (Wildman–Crippen LogP) is 4.83. The molecule has 1 heterocycles. The molecular weight excluding hydrogens is 390 g/mol. The second kappa shape index (κ2) is 8.75. The first-order valence-corrected chi connectivity index (χ1v) is 9.83. The topological polar surface area (TPSA) is 56.6 Å². The van der Waals surface area contributed by atoms with Crippen LogP contribution in [-0.2, 0) is 0 Å². The Kier molecular flexibility index (Phi) is 5.71. The third-order valence-corrected chi connectivity index (χ3v) is 5.08. The van der Waals surface area contributed by atoms with E-state index in [0.717, 1.165) is 11.4 Å². The lowest BCUT2D eigenvalue weighted by molar-refractivity contribution is 0.0993. The number of hydrogen-bond donors (Lipinski definition) is 0. The standard InChI is InChI=1S/C25H23N3O3/c1-27(18-10-6-4-7-11-18)25(29)22-17-28(19-12-8-5-9-13-19)26-24(22)21-16-20(30-2)14-15-23(21)31-3/h4-17H,1-3H3. The smallest absolute Gasteiger partial charge is 0.261 e. The summed E-state index contributed by atoms with van der Waals surface area (Å²) in [5, 5.41) is 4.77. The minimum Gasteiger partial charge on any atom is -0.497 e. The van der Waals surface area contributed by atoms with Crippen molar-refractivity contribution < 1.29 is 14.3 Å². The van der Waals surface area contributed by atoms with E-state index in [4.69, 9.17) is 14.6 Å². The summed E-state index contributed by atoms with van der Waals surface area (Å²) in [6, 6.07) is 24.6. The van der Waals surface area contributed by atoms with Gasteiger partial charge in [0.25, 0.3) is 5.91 Å². The van der Waals surface area contributed by atoms with Gasteiger partial charge in [0.15, 0.2) is 0 Å². The van der Waals surface area contributed by atoms with E-state index < -0.39 is 0 Å². The van der Waals surface area contributed by atoms with Crippen molar-refractivity contribution in [3.63, 3.8) is 0 Å². The van der Waals surface area contributed by atoms with Crippen molar-refractivity contribution in [1.82, 2.24) is 9.78 Å². The predicted molar refractivity (Wildman–Crippen MR) is 121 cm³/mol. The van der Waals surface area contributed by atoms with Gasteiger partial charge in [0.2, 0.25) is 0 Å². The van der Waals surface area contributed by atoms with Crippen LogP contribution < -0.4 is 14.4 Å². The second-order valence-corrected chi connectivity index (χ2v) is 6.94. The fraction of sp³-hybridized carbons (Fsp3) is 0.120. The first-order chi connectivity index (χ1) is 15.1. The van der Waals surface area contributed by atoms with Gasteiger partial charge in [0.05, 0.1) is 25.5 Å². The van der Waals surface area contributed by atoms with Crippen LogP contribution in [0.4, 0.5) is 5.69 Å². The van der Waals surface area contributed by atoms with Crippen LogP contribution in [-0.4, -0.2) is 37.0 Å². The molecule has 0 unspecified atom stereocenters. The molecule has 1 aromatic heterocycles. The molecule has 0 aliphatic rings. The van der Waals surface area contributed by atoms with Gasteiger partial charge >= 0.3 is 0 Å². The van der Waals surface area contributed by atoms with E-state index >= 15 is 0 Å². The van der Waals surface area contributed by atoms with E-state index in [0.29, 0.717) is 28.3 Å². The van der Waals surface area contributed by atoms with Crippen LogP contribution in [0.1, 0.15) is 10.4 Å². The molecule has 0 N–H and O–H groups in total. The lowest BCUT2D eigenvalue weighted by Crippen LogP contribution is -2.26. The van der Waals surface area contributed by atoms with Gasteiger partial charge in [0, 0.05) is 24.5 Å². The molecule has 0 bridgehead atoms. The number of ether oxygens (including phenoxy) is 2. The SMILES string of the molecule is COc1ccc(OC)c(-c2nn(-c3ccccc3)cc2C(=O)N(C)c2ccccc2)c1. The highest BCUT2D eigenvalue weighted by Crippen LogP contribution is 2.35. The third-order valence-electron chi connectivity index (χ3n) is 5.08. The molecular formula is C25H23N3O3. The van der Waals surface area contributed by atoms with E-state index in [-0.39, 0.29) is 5.91 Å². The van der Waals surface area contributed by atoms with Crippen LogP contribution in [0.25, 0.3) is 16.9 Å². The molecule has 156 valence electrons. The molecule has 0 aliphatic heterocycles. The van der Waals surface area contributed by atoms with Crippen molar-refractivity contribution in [3.05, 3.63) is 90.6 Å². The number of hydrogen-bond acceptors (Lipinski definition) is 4. The van der Waals surface area contributed by atoms with Crippen molar-refractivity contribution in [1.29, 1.82) is 0 Å². The molecule has 3 aromatic carbocycles. The lowest BCUT2D eigenvalue weighted by Gasteiger charge is -2.17. The van der Waals surface area contributed by atoms with E-state index in [1.807, 2.05) is 78.9 Å². The van der Waals surface area contributed by atoms with E-state index in [1.54, 1.807) is 37.0 Å². The Morgan fingerprint density at radius 3 is 2.23 bits per heavy atom. The summed E-state index contributed by atoms with van der Waals surface area (Å²) in [6.45, 7) is 0. The molecule has 0 atom stereocenters. The van der Waals surface area contributed by atoms with Crippen molar-refractivity contribution in [2.45, 2.75) is 0 Å². The van der Waals surface area contributed by atoms with Crippen LogP contribution >= 0.6 is 0 Å². The number of rotatable bonds is 6. The molecule has 6 nitrogen and oxygen atoms in total. The molecule has 1 amide bonds. The minimum atomic E-state index is -0.173. The second-order valence-electron chi connectivity index (χ2n) is 6.94. The fourth-order valence-corrected chi connectivity index (χ4v) is 3.39. The number of nitrogens with zero attached hydrogens (tertiary/aromatic N) is 3. The molecule has 0 aliphatic carbocycles. The summed E-state index contributed by atoms with van der Waals surface area (Å²) in [5.74, 6) is 1.09. The Morgan fingerprint density at radius 1 is 0.903 bits per heavy atom. The summed E-state index contributed by atoms with van der Waals surface area (Å²) >= 11 is 0. The highest BCUT2D eigenvalue weighted by Gasteiger charge is 2.24. The Balaban J connectivity index is 1.88. The molecule has 0 spiro atoms. The normalized spacial score (nSPS) is 10.5. The van der Waals surface area contributed by atoms with Gasteiger partial charge in [-0.1, -0.05) is 36.4 Å². The monoisotopic (exact) mass is 413 g/mol. The zero-order valence-corrected chi connectivity index (χ0v) is 17.6. The van der Waals surface area contributed by atoms with Gasteiger partial charge in [0.1, 0.15) is 17.2 Å². The molecule has 31 heavy (non-hydrogen) atoms. The number of carbonyl (C=O) groups excluding carboxylic acids is 1. The Morgan fingerprint density at radius 2 is 1.58 bits per heavy atom. The van der Waals surface area contributed by atoms with Crippen molar-refractivity contribution in [3.8, 4) is 28.4 Å². The van der Waals surface area contributed by atoms with Crippen molar-refractivity contribution in [2.75, 3.05) is 26.2 Å². The molecule has 0 saturated heterocycles. The number of methoxy groups -OCH3 is 2. The highest BCUT2D eigenvalue weighted by atomic mass is 16.5. The summed E-state index contributed by atoms with van der Waals surface area (Å²) in [5.41, 5.74) is 3.31. The first kappa shape index (κ1) is 20.2. The van der Waals surface area contributed by atoms with Crippen LogP contribution in [0.3, 0.4) is 0 Å². The average Bonchev–Trinajstić information content (AvgIpc) is 3.29. The van der Waals surface area contributed by atoms with Gasteiger partial charge in [-0.15, -0.1) is 0 Å². The molecule has 0 saturated carbocycles. The van der Waals surface area contributed by atoms with Crippen LogP contribution in [0.5, 0.6) is 11.5 Å². The Bertz CT molecular complexity index is 1190. The van der Waals surface area contributed by atoms with Crippen molar-refractivity contribution in [2.24, 2.45) is 0 Å². The molecule has 4 aromatic rings. The number of anilines is 1. The number of carbonyl (C=O) groups is 1. The summed E-state index contributed by atoms with van der Waals surface area (Å²) in [7, 11) is 4.95. The van der Waals surface area contributed by atoms with E-state index in [1.165, 1.54) is 0 Å². The third kappa shape index (κ3) is 4.00. The zero-order chi connectivity index (χ0) is 21.8. The molecule has 0 fully saturated rings. The fourth-order valence-electron chi connectivity index (χ4n) is 3.39. The maximum absolute atomic E-state index is 13.5. The molecule has 6 heteroatoms. The zero-order valence-electron chi connectivity index (χ0n) is 17.6. The maximum atomic E-state index is 13.5.